The Morgan fingerprint density at radius 2 is 1.67 bits per heavy atom. The van der Waals surface area contributed by atoms with Crippen molar-refractivity contribution >= 4 is 11.8 Å². The molecular weight excluding hydrogens is 232 g/mol. The fourth-order valence-electron chi connectivity index (χ4n) is 1.85. The van der Waals surface area contributed by atoms with Crippen LogP contribution in [0.25, 0.3) is 0 Å². The summed E-state index contributed by atoms with van der Waals surface area (Å²) in [6.45, 7) is 4.02. The Hall–Kier alpha value is -0.900. The number of carbonyl (C=O) groups excluding carboxylic acids is 2. The van der Waals surface area contributed by atoms with Crippen molar-refractivity contribution in [3.8, 4) is 0 Å². The summed E-state index contributed by atoms with van der Waals surface area (Å²) in [5.41, 5.74) is -1.35. The second kappa shape index (κ2) is 9.09. The fraction of sp³-hybridized carbons (Fsp3) is 0.857. The van der Waals surface area contributed by atoms with Crippen LogP contribution in [0.1, 0.15) is 65.2 Å². The summed E-state index contributed by atoms with van der Waals surface area (Å²) in [6, 6.07) is 0. The van der Waals surface area contributed by atoms with E-state index in [1.807, 2.05) is 13.8 Å². The van der Waals surface area contributed by atoms with Gasteiger partial charge in [-0.05, 0) is 19.3 Å². The van der Waals surface area contributed by atoms with Gasteiger partial charge in [0, 0.05) is 12.8 Å². The lowest BCUT2D eigenvalue weighted by Gasteiger charge is -2.26. The van der Waals surface area contributed by atoms with Gasteiger partial charge in [-0.2, -0.15) is 0 Å². The number of ether oxygens (including phenoxy) is 1. The van der Waals surface area contributed by atoms with Crippen molar-refractivity contribution in [3.63, 3.8) is 0 Å². The van der Waals surface area contributed by atoms with Gasteiger partial charge in [0.2, 0.25) is 0 Å². The minimum atomic E-state index is -1.35. The molecule has 0 amide bonds. The molecule has 0 spiro atoms. The first-order valence-electron chi connectivity index (χ1n) is 6.82. The molecule has 4 nitrogen and oxygen atoms in total. The Kier molecular flexibility index (Phi) is 8.63. The Morgan fingerprint density at radius 1 is 1.06 bits per heavy atom. The number of unbranched alkanes of at least 4 members (excludes halogenated alkanes) is 2. The van der Waals surface area contributed by atoms with Crippen LogP contribution in [0.5, 0.6) is 0 Å². The highest BCUT2D eigenvalue weighted by atomic mass is 16.5. The van der Waals surface area contributed by atoms with Crippen LogP contribution in [0.2, 0.25) is 0 Å². The minimum absolute atomic E-state index is 0.0918. The van der Waals surface area contributed by atoms with E-state index in [0.29, 0.717) is 12.8 Å². The molecule has 0 aromatic rings. The second-order valence-corrected chi connectivity index (χ2v) is 4.74. The van der Waals surface area contributed by atoms with E-state index in [4.69, 9.17) is 0 Å². The number of hydrogen-bond donors (Lipinski definition) is 1. The van der Waals surface area contributed by atoms with Gasteiger partial charge in [0.1, 0.15) is 5.60 Å². The fourth-order valence-corrected chi connectivity index (χ4v) is 1.85. The summed E-state index contributed by atoms with van der Waals surface area (Å²) in [7, 11) is 1.31. The Bertz CT molecular complexity index is 263. The lowest BCUT2D eigenvalue weighted by Crippen LogP contribution is -2.39. The topological polar surface area (TPSA) is 63.6 Å². The molecule has 0 heterocycles. The third-order valence-corrected chi connectivity index (χ3v) is 3.19. The maximum atomic E-state index is 12.0. The molecule has 0 saturated heterocycles. The first-order chi connectivity index (χ1) is 8.50. The van der Waals surface area contributed by atoms with Crippen LogP contribution in [-0.2, 0) is 14.3 Å². The molecule has 1 atom stereocenters. The van der Waals surface area contributed by atoms with Crippen molar-refractivity contribution in [2.75, 3.05) is 7.11 Å². The van der Waals surface area contributed by atoms with Crippen molar-refractivity contribution in [3.05, 3.63) is 0 Å². The quantitative estimate of drug-likeness (QED) is 0.612. The smallest absolute Gasteiger partial charge is 0.305 e. The van der Waals surface area contributed by atoms with Gasteiger partial charge in [-0.3, -0.25) is 9.59 Å². The largest absolute Gasteiger partial charge is 0.469 e. The molecular formula is C14H26O4. The third-order valence-electron chi connectivity index (χ3n) is 3.19. The molecule has 0 aromatic carbocycles. The number of rotatable bonds is 10. The van der Waals surface area contributed by atoms with Gasteiger partial charge in [0.05, 0.1) is 7.11 Å². The van der Waals surface area contributed by atoms with E-state index >= 15 is 0 Å². The number of Topliss-reactive ketones (excluding diaryl/α,β-unsaturated/α-hetero) is 1. The van der Waals surface area contributed by atoms with Crippen molar-refractivity contribution in [2.45, 2.75) is 70.8 Å². The van der Waals surface area contributed by atoms with E-state index in [1.54, 1.807) is 0 Å². The SMILES string of the molecule is CCCCC(=O)C(O)(CCCC)CCC(=O)OC. The standard InChI is InChI=1S/C14H26O4/c1-4-6-8-12(15)14(17,10-7-5-2)11-9-13(16)18-3/h17H,4-11H2,1-3H3. The zero-order chi connectivity index (χ0) is 14.0. The van der Waals surface area contributed by atoms with E-state index in [1.165, 1.54) is 7.11 Å². The summed E-state index contributed by atoms with van der Waals surface area (Å²) in [5, 5.41) is 10.4. The van der Waals surface area contributed by atoms with Crippen LogP contribution in [0, 0.1) is 0 Å². The van der Waals surface area contributed by atoms with Gasteiger partial charge in [-0.1, -0.05) is 33.1 Å². The van der Waals surface area contributed by atoms with Gasteiger partial charge in [-0.25, -0.2) is 0 Å². The van der Waals surface area contributed by atoms with Crippen LogP contribution < -0.4 is 0 Å². The van der Waals surface area contributed by atoms with E-state index < -0.39 is 5.60 Å². The van der Waals surface area contributed by atoms with Crippen molar-refractivity contribution in [2.24, 2.45) is 0 Å². The third kappa shape index (κ3) is 6.15. The van der Waals surface area contributed by atoms with Crippen molar-refractivity contribution in [1.82, 2.24) is 0 Å². The van der Waals surface area contributed by atoms with Crippen LogP contribution in [0.3, 0.4) is 0 Å². The second-order valence-electron chi connectivity index (χ2n) is 4.74. The Labute approximate surface area is 110 Å². The molecule has 0 rings (SSSR count). The molecule has 106 valence electrons. The zero-order valence-corrected chi connectivity index (χ0v) is 11.8. The predicted octanol–water partition coefficient (Wildman–Crippen LogP) is 2.62. The van der Waals surface area contributed by atoms with Crippen molar-refractivity contribution < 1.29 is 19.4 Å². The predicted molar refractivity (Wildman–Crippen MR) is 70.3 cm³/mol. The van der Waals surface area contributed by atoms with Gasteiger partial charge in [-0.15, -0.1) is 0 Å². The van der Waals surface area contributed by atoms with Gasteiger partial charge >= 0.3 is 5.97 Å². The Balaban J connectivity index is 4.49. The molecule has 18 heavy (non-hydrogen) atoms. The minimum Gasteiger partial charge on any atom is -0.469 e. The molecule has 0 fully saturated rings. The molecule has 0 aromatic heterocycles. The molecule has 0 aliphatic heterocycles. The molecule has 4 heteroatoms. The lowest BCUT2D eigenvalue weighted by atomic mass is 9.85. The summed E-state index contributed by atoms with van der Waals surface area (Å²) in [4.78, 5) is 23.2. The van der Waals surface area contributed by atoms with Crippen LogP contribution in [-0.4, -0.2) is 29.6 Å². The van der Waals surface area contributed by atoms with E-state index in [0.717, 1.165) is 25.7 Å². The maximum Gasteiger partial charge on any atom is 0.305 e. The average molecular weight is 258 g/mol. The molecule has 1 unspecified atom stereocenters. The normalized spacial score (nSPS) is 14.0. The monoisotopic (exact) mass is 258 g/mol. The highest BCUT2D eigenvalue weighted by molar-refractivity contribution is 5.87. The molecule has 0 aliphatic carbocycles. The van der Waals surface area contributed by atoms with Gasteiger partial charge < -0.3 is 9.84 Å². The molecule has 0 bridgehead atoms. The summed E-state index contributed by atoms with van der Waals surface area (Å²) < 4.78 is 4.55. The number of esters is 1. The van der Waals surface area contributed by atoms with Crippen molar-refractivity contribution in [1.29, 1.82) is 0 Å². The van der Waals surface area contributed by atoms with E-state index in [-0.39, 0.29) is 24.6 Å². The number of methoxy groups -OCH3 is 1. The Morgan fingerprint density at radius 3 is 2.17 bits per heavy atom. The highest BCUT2D eigenvalue weighted by Crippen LogP contribution is 2.24. The summed E-state index contributed by atoms with van der Waals surface area (Å²) in [6.07, 6.45) is 4.49. The van der Waals surface area contributed by atoms with E-state index in [9.17, 15) is 14.7 Å². The first kappa shape index (κ1) is 17.1. The average Bonchev–Trinajstić information content (AvgIpc) is 2.39. The van der Waals surface area contributed by atoms with Gasteiger partial charge in [0.25, 0.3) is 0 Å². The molecule has 0 radical (unpaired) electrons. The summed E-state index contributed by atoms with van der Waals surface area (Å²) >= 11 is 0. The number of carbonyl (C=O) groups is 2. The number of aliphatic hydroxyl groups is 1. The molecule has 0 aliphatic rings. The van der Waals surface area contributed by atoms with Gasteiger partial charge in [0.15, 0.2) is 5.78 Å². The lowest BCUT2D eigenvalue weighted by molar-refractivity contribution is -0.145. The molecule has 0 saturated carbocycles. The van der Waals surface area contributed by atoms with Crippen LogP contribution in [0.4, 0.5) is 0 Å². The maximum absolute atomic E-state index is 12.0. The summed E-state index contributed by atoms with van der Waals surface area (Å²) in [5.74, 6) is -0.519. The number of hydrogen-bond acceptors (Lipinski definition) is 4. The highest BCUT2D eigenvalue weighted by Gasteiger charge is 2.34. The van der Waals surface area contributed by atoms with Crippen LogP contribution in [0.15, 0.2) is 0 Å². The van der Waals surface area contributed by atoms with Crippen LogP contribution >= 0.6 is 0 Å². The first-order valence-corrected chi connectivity index (χ1v) is 6.82. The zero-order valence-electron chi connectivity index (χ0n) is 11.8. The number of ketones is 1. The van der Waals surface area contributed by atoms with E-state index in [2.05, 4.69) is 4.74 Å². The molecule has 1 N–H and O–H groups in total.